The van der Waals surface area contributed by atoms with Gasteiger partial charge in [0.15, 0.2) is 5.78 Å². The van der Waals surface area contributed by atoms with Crippen LogP contribution in [-0.2, 0) is 22.7 Å². The summed E-state index contributed by atoms with van der Waals surface area (Å²) in [6.07, 6.45) is -0.775. The van der Waals surface area contributed by atoms with Gasteiger partial charge < -0.3 is 34.5 Å². The van der Waals surface area contributed by atoms with Crippen LogP contribution in [0.1, 0.15) is 54.9 Å². The lowest BCUT2D eigenvalue weighted by Crippen LogP contribution is -2.49. The fraction of sp³-hybridized carbons (Fsp3) is 0.447. The van der Waals surface area contributed by atoms with E-state index in [-0.39, 0.29) is 49.6 Å². The maximum absolute atomic E-state index is 12.7. The number of aromatic hydroxyl groups is 1. The van der Waals surface area contributed by atoms with Crippen molar-refractivity contribution in [2.45, 2.75) is 54.3 Å². The Kier molecular flexibility index (Phi) is 15.3. The van der Waals surface area contributed by atoms with Crippen LogP contribution < -0.4 is 14.5 Å². The van der Waals surface area contributed by atoms with Gasteiger partial charge in [-0.15, -0.1) is 0 Å². The molecule has 0 radical (unpaired) electrons. The molecule has 1 atom stereocenters. The minimum absolute atomic E-state index is 0. The molecule has 2 aliphatic rings. The first-order valence-electron chi connectivity index (χ1n) is 17.6. The second kappa shape index (κ2) is 19.3. The lowest BCUT2D eigenvalue weighted by molar-refractivity contribution is -0.133. The number of rotatable bonds is 9. The topological polar surface area (TPSA) is 149 Å². The molecule has 2 N–H and O–H groups in total. The van der Waals surface area contributed by atoms with Gasteiger partial charge in [0.25, 0.3) is 0 Å². The number of phenols is 1. The van der Waals surface area contributed by atoms with E-state index in [4.69, 9.17) is 51.1 Å². The van der Waals surface area contributed by atoms with E-state index in [1.54, 1.807) is 49.6 Å². The number of ketones is 1. The Morgan fingerprint density at radius 1 is 0.750 bits per heavy atom. The van der Waals surface area contributed by atoms with Gasteiger partial charge in [-0.25, -0.2) is 0 Å². The number of hydrogen-bond acceptors (Lipinski definition) is 10. The second-order valence-electron chi connectivity index (χ2n) is 13.3. The Morgan fingerprint density at radius 2 is 1.21 bits per heavy atom. The smallest absolute Gasteiger partial charge is 0.244 e. The molecular weight excluding hydrogens is 806 g/mol. The Balaban J connectivity index is 0.000000244. The van der Waals surface area contributed by atoms with Crippen LogP contribution in [0.25, 0.3) is 0 Å². The van der Waals surface area contributed by atoms with Crippen molar-refractivity contribution in [2.75, 3.05) is 69.3 Å². The molecule has 4 aromatic rings. The van der Waals surface area contributed by atoms with Crippen LogP contribution in [0, 0.1) is 13.8 Å². The second-order valence-corrected chi connectivity index (χ2v) is 14.8. The van der Waals surface area contributed by atoms with Crippen LogP contribution in [0.15, 0.2) is 36.4 Å². The number of aromatic nitrogens is 4. The Bertz CT molecular complexity index is 2040. The van der Waals surface area contributed by atoms with Crippen molar-refractivity contribution in [1.29, 1.82) is 0 Å². The van der Waals surface area contributed by atoms with E-state index in [0.717, 1.165) is 11.4 Å². The number of Topliss-reactive ketones (excluding diaryl/α,β-unsaturated/α-hetero) is 1. The number of carbonyl (C=O) groups excluding carboxylic acids is 3. The summed E-state index contributed by atoms with van der Waals surface area (Å²) >= 11 is 24.3. The highest BCUT2D eigenvalue weighted by Gasteiger charge is 2.26. The molecule has 2 aliphatic heterocycles. The van der Waals surface area contributed by atoms with Crippen molar-refractivity contribution in [3.05, 3.63) is 79.3 Å². The fourth-order valence-electron chi connectivity index (χ4n) is 6.30. The normalized spacial score (nSPS) is 14.8. The number of halogens is 4. The van der Waals surface area contributed by atoms with Crippen molar-refractivity contribution >= 4 is 75.4 Å². The quantitative estimate of drug-likeness (QED) is 0.184. The molecule has 2 aromatic heterocycles. The molecule has 56 heavy (non-hydrogen) atoms. The van der Waals surface area contributed by atoms with E-state index in [2.05, 4.69) is 20.0 Å². The van der Waals surface area contributed by atoms with Crippen molar-refractivity contribution in [3.8, 4) is 11.5 Å². The maximum Gasteiger partial charge on any atom is 0.244 e. The van der Waals surface area contributed by atoms with Gasteiger partial charge in [-0.05, 0) is 45.0 Å². The summed E-state index contributed by atoms with van der Waals surface area (Å²) in [7, 11) is 1.59. The molecule has 6 rings (SSSR count). The summed E-state index contributed by atoms with van der Waals surface area (Å²) in [6.45, 7) is 11.7. The number of piperazine rings is 2. The summed E-state index contributed by atoms with van der Waals surface area (Å²) in [4.78, 5) is 44.7. The SMILES string of the molecule is C.CC(=O)c1nn(CC(=O)N2CCN(c3ccc(Cl)c(O)c3)CC2)c(C)c1Cl.COc1cc(N2CCN(C(=O)Cn3nc(C(C)O)c(Cl)c3C)CC2)ccc1Cl. The van der Waals surface area contributed by atoms with Crippen molar-refractivity contribution in [3.63, 3.8) is 0 Å². The van der Waals surface area contributed by atoms with E-state index in [0.29, 0.717) is 95.3 Å². The molecule has 0 bridgehead atoms. The number of benzene rings is 2. The average Bonchev–Trinajstić information content (AvgIpc) is 3.62. The molecule has 2 fully saturated rings. The van der Waals surface area contributed by atoms with Gasteiger partial charge >= 0.3 is 0 Å². The minimum Gasteiger partial charge on any atom is -0.506 e. The zero-order chi connectivity index (χ0) is 40.1. The monoisotopic (exact) mass is 852 g/mol. The van der Waals surface area contributed by atoms with Gasteiger partial charge in [-0.1, -0.05) is 53.8 Å². The fourth-order valence-corrected chi connectivity index (χ4v) is 7.17. The van der Waals surface area contributed by atoms with Crippen LogP contribution >= 0.6 is 46.4 Å². The lowest BCUT2D eigenvalue weighted by Gasteiger charge is -2.36. The van der Waals surface area contributed by atoms with E-state index >= 15 is 0 Å². The van der Waals surface area contributed by atoms with Gasteiger partial charge in [-0.2, -0.15) is 10.2 Å². The molecule has 2 amide bonds. The highest BCUT2D eigenvalue weighted by atomic mass is 35.5. The zero-order valence-corrected chi connectivity index (χ0v) is 34.3. The van der Waals surface area contributed by atoms with Crippen LogP contribution in [0.4, 0.5) is 11.4 Å². The number of phenolic OH excluding ortho intramolecular Hbond substituents is 1. The van der Waals surface area contributed by atoms with Crippen molar-refractivity contribution in [1.82, 2.24) is 29.4 Å². The van der Waals surface area contributed by atoms with Crippen LogP contribution in [0.2, 0.25) is 20.1 Å². The molecule has 0 saturated carbocycles. The number of aliphatic hydroxyl groups excluding tert-OH is 1. The van der Waals surface area contributed by atoms with Crippen LogP contribution in [0.3, 0.4) is 0 Å². The first-order chi connectivity index (χ1) is 26.1. The van der Waals surface area contributed by atoms with Crippen LogP contribution in [0.5, 0.6) is 11.5 Å². The van der Waals surface area contributed by atoms with Gasteiger partial charge in [0.05, 0.1) is 44.7 Å². The summed E-state index contributed by atoms with van der Waals surface area (Å²) in [5.74, 6) is 0.352. The van der Waals surface area contributed by atoms with E-state index in [1.807, 2.05) is 29.2 Å². The van der Waals surface area contributed by atoms with Gasteiger partial charge in [0.1, 0.15) is 36.0 Å². The molecule has 0 aliphatic carbocycles. The molecule has 2 aromatic carbocycles. The van der Waals surface area contributed by atoms with E-state index in [1.165, 1.54) is 11.6 Å². The largest absolute Gasteiger partial charge is 0.506 e. The standard InChI is InChI=1S/C19H24Cl2N4O3.C18H20Cl2N4O3.CH4/c1-12-18(21)19(13(2)26)22-25(12)11-17(27)24-8-6-23(7-9-24)14-4-5-15(20)16(10-14)28-3;1-11-17(20)18(12(2)25)21-24(11)10-16(27)23-7-5-22(6-8-23)13-3-4-14(19)15(26)9-13;/h4-5,10,13,26H,6-9,11H2,1-3H3;3-4,9,26H,5-8,10H2,1-2H3;1H4. The third-order valence-corrected chi connectivity index (χ3v) is 11.2. The van der Waals surface area contributed by atoms with Gasteiger partial charge in [0, 0.05) is 82.8 Å². The average molecular weight is 855 g/mol. The number of anilines is 2. The Morgan fingerprint density at radius 3 is 1.64 bits per heavy atom. The van der Waals surface area contributed by atoms with Crippen molar-refractivity contribution in [2.24, 2.45) is 0 Å². The number of hydrogen-bond donors (Lipinski definition) is 2. The number of ether oxygens (including phenoxy) is 1. The number of carbonyl (C=O) groups is 3. The molecule has 14 nitrogen and oxygen atoms in total. The number of methoxy groups -OCH3 is 1. The summed E-state index contributed by atoms with van der Waals surface area (Å²) in [5.41, 5.74) is 3.75. The van der Waals surface area contributed by atoms with E-state index in [9.17, 15) is 24.6 Å². The Labute approximate surface area is 347 Å². The molecule has 0 spiro atoms. The minimum atomic E-state index is -0.775. The molecule has 2 saturated heterocycles. The molecular formula is C38H48Cl4N8O6. The first kappa shape index (κ1) is 44.5. The first-order valence-corrected chi connectivity index (χ1v) is 19.1. The van der Waals surface area contributed by atoms with Crippen molar-refractivity contribution < 1.29 is 29.3 Å². The lowest BCUT2D eigenvalue weighted by atomic mass is 10.2. The Hall–Kier alpha value is -4.21. The third-order valence-electron chi connectivity index (χ3n) is 9.65. The maximum atomic E-state index is 12.7. The molecule has 304 valence electrons. The number of nitrogens with zero attached hydrogens (tertiary/aromatic N) is 8. The molecule has 4 heterocycles. The summed E-state index contributed by atoms with van der Waals surface area (Å²) in [5, 5.41) is 29.5. The number of amides is 2. The predicted molar refractivity (Wildman–Crippen MR) is 220 cm³/mol. The zero-order valence-electron chi connectivity index (χ0n) is 31.2. The molecule has 18 heteroatoms. The van der Waals surface area contributed by atoms with E-state index < -0.39 is 6.10 Å². The number of aliphatic hydroxyl groups is 1. The van der Waals surface area contributed by atoms with Gasteiger partial charge in [-0.3, -0.25) is 23.7 Å². The van der Waals surface area contributed by atoms with Gasteiger partial charge in [0.2, 0.25) is 11.8 Å². The highest BCUT2D eigenvalue weighted by molar-refractivity contribution is 6.34. The summed E-state index contributed by atoms with van der Waals surface area (Å²) < 4.78 is 8.32. The molecule has 1 unspecified atom stereocenters. The highest BCUT2D eigenvalue weighted by Crippen LogP contribution is 2.31. The van der Waals surface area contributed by atoms with Crippen LogP contribution in [-0.4, -0.2) is 117 Å². The third kappa shape index (κ3) is 10.2. The predicted octanol–water partition coefficient (Wildman–Crippen LogP) is 6.30. The summed E-state index contributed by atoms with van der Waals surface area (Å²) in [6, 6.07) is 10.8.